The highest BCUT2D eigenvalue weighted by molar-refractivity contribution is 5.94. The number of ether oxygens (including phenoxy) is 1. The molecular formula is C16H20N2O2. The van der Waals surface area contributed by atoms with Crippen molar-refractivity contribution < 1.29 is 9.53 Å². The topological polar surface area (TPSA) is 54.1 Å². The van der Waals surface area contributed by atoms with Gasteiger partial charge in [-0.3, -0.25) is 4.79 Å². The number of benzene rings is 1. The van der Waals surface area contributed by atoms with Crippen LogP contribution in [0, 0.1) is 20.8 Å². The van der Waals surface area contributed by atoms with Gasteiger partial charge in [0.1, 0.15) is 5.75 Å². The molecule has 0 saturated heterocycles. The van der Waals surface area contributed by atoms with Gasteiger partial charge in [0, 0.05) is 11.4 Å². The molecule has 0 unspecified atom stereocenters. The Balaban J connectivity index is 2.12. The maximum atomic E-state index is 12.1. The van der Waals surface area contributed by atoms with E-state index in [1.54, 1.807) is 7.11 Å². The Morgan fingerprint density at radius 2 is 2.00 bits per heavy atom. The van der Waals surface area contributed by atoms with Gasteiger partial charge in [-0.15, -0.1) is 0 Å². The Kier molecular flexibility index (Phi) is 4.13. The van der Waals surface area contributed by atoms with Crippen LogP contribution in [0.3, 0.4) is 0 Å². The van der Waals surface area contributed by atoms with Crippen molar-refractivity contribution in [1.29, 1.82) is 0 Å². The van der Waals surface area contributed by atoms with E-state index in [-0.39, 0.29) is 5.91 Å². The predicted octanol–water partition coefficient (Wildman–Crippen LogP) is 3.13. The number of aromatic nitrogens is 1. The lowest BCUT2D eigenvalue weighted by atomic mass is 10.1. The smallest absolute Gasteiger partial charge is 0.228 e. The van der Waals surface area contributed by atoms with Crippen molar-refractivity contribution in [3.8, 4) is 5.75 Å². The fourth-order valence-electron chi connectivity index (χ4n) is 2.25. The number of aryl methyl sites for hydroxylation is 3. The fourth-order valence-corrected chi connectivity index (χ4v) is 2.25. The second-order valence-corrected chi connectivity index (χ2v) is 5.03. The molecule has 2 N–H and O–H groups in total. The van der Waals surface area contributed by atoms with Gasteiger partial charge in [0.25, 0.3) is 0 Å². The van der Waals surface area contributed by atoms with Crippen LogP contribution in [0.2, 0.25) is 0 Å². The van der Waals surface area contributed by atoms with Crippen molar-refractivity contribution in [3.63, 3.8) is 0 Å². The average molecular weight is 272 g/mol. The first kappa shape index (κ1) is 14.2. The Bertz CT molecular complexity index is 629. The van der Waals surface area contributed by atoms with Crippen LogP contribution in [-0.2, 0) is 11.2 Å². The first-order valence-electron chi connectivity index (χ1n) is 6.59. The van der Waals surface area contributed by atoms with E-state index in [0.29, 0.717) is 17.9 Å². The number of H-pyrrole nitrogens is 1. The molecule has 0 radical (unpaired) electrons. The molecule has 4 heteroatoms. The Hall–Kier alpha value is -2.23. The molecule has 0 aliphatic carbocycles. The third-order valence-corrected chi connectivity index (χ3v) is 3.24. The fraction of sp³-hybridized carbons (Fsp3) is 0.312. The molecule has 0 saturated carbocycles. The highest BCUT2D eigenvalue weighted by atomic mass is 16.5. The van der Waals surface area contributed by atoms with E-state index < -0.39 is 0 Å². The summed E-state index contributed by atoms with van der Waals surface area (Å²) in [4.78, 5) is 15.3. The number of nitrogens with one attached hydrogen (secondary N) is 2. The molecule has 106 valence electrons. The zero-order valence-electron chi connectivity index (χ0n) is 12.3. The van der Waals surface area contributed by atoms with Gasteiger partial charge in [-0.05, 0) is 50.1 Å². The molecule has 0 fully saturated rings. The van der Waals surface area contributed by atoms with E-state index in [9.17, 15) is 4.79 Å². The van der Waals surface area contributed by atoms with Gasteiger partial charge >= 0.3 is 0 Å². The number of aromatic amines is 1. The third kappa shape index (κ3) is 3.20. The van der Waals surface area contributed by atoms with E-state index in [4.69, 9.17) is 4.74 Å². The molecule has 1 amide bonds. The summed E-state index contributed by atoms with van der Waals surface area (Å²) in [7, 11) is 1.60. The highest BCUT2D eigenvalue weighted by Gasteiger charge is 2.11. The molecule has 0 spiro atoms. The van der Waals surface area contributed by atoms with Crippen molar-refractivity contribution in [2.75, 3.05) is 12.4 Å². The normalized spacial score (nSPS) is 10.4. The molecule has 2 aromatic rings. The highest BCUT2D eigenvalue weighted by Crippen LogP contribution is 2.25. The summed E-state index contributed by atoms with van der Waals surface area (Å²) in [6.07, 6.45) is 0.354. The molecule has 1 aromatic heterocycles. The van der Waals surface area contributed by atoms with Crippen LogP contribution in [0.1, 0.15) is 22.5 Å². The summed E-state index contributed by atoms with van der Waals surface area (Å²) in [6, 6.07) is 7.72. The molecule has 20 heavy (non-hydrogen) atoms. The number of carbonyl (C=O) groups is 1. The summed E-state index contributed by atoms with van der Waals surface area (Å²) in [5.41, 5.74) is 4.91. The predicted molar refractivity (Wildman–Crippen MR) is 80.3 cm³/mol. The van der Waals surface area contributed by atoms with Crippen LogP contribution in [0.25, 0.3) is 0 Å². The first-order chi connectivity index (χ1) is 9.49. The molecule has 0 bridgehead atoms. The Morgan fingerprint density at radius 3 is 2.60 bits per heavy atom. The Morgan fingerprint density at radius 1 is 1.25 bits per heavy atom. The molecule has 0 aliphatic rings. The zero-order valence-corrected chi connectivity index (χ0v) is 12.3. The summed E-state index contributed by atoms with van der Waals surface area (Å²) in [6.45, 7) is 5.94. The summed E-state index contributed by atoms with van der Waals surface area (Å²) in [5, 5.41) is 2.91. The van der Waals surface area contributed by atoms with E-state index >= 15 is 0 Å². The second-order valence-electron chi connectivity index (χ2n) is 5.03. The summed E-state index contributed by atoms with van der Waals surface area (Å²) in [5.74, 6) is 0.627. The van der Waals surface area contributed by atoms with Gasteiger partial charge in [0.05, 0.1) is 19.2 Å². The van der Waals surface area contributed by atoms with Crippen molar-refractivity contribution in [1.82, 2.24) is 4.98 Å². The van der Waals surface area contributed by atoms with Gasteiger partial charge in [-0.1, -0.05) is 6.07 Å². The quantitative estimate of drug-likeness (QED) is 0.898. The average Bonchev–Trinajstić information content (AvgIpc) is 2.68. The SMILES string of the molecule is COc1ccc(C)cc1NC(=O)Cc1cc(C)[nH]c1C. The number of methoxy groups -OCH3 is 1. The van der Waals surface area contributed by atoms with Crippen molar-refractivity contribution >= 4 is 11.6 Å². The second kappa shape index (κ2) is 5.82. The van der Waals surface area contributed by atoms with Gasteiger partial charge in [-0.25, -0.2) is 0 Å². The standard InChI is InChI=1S/C16H20N2O2/c1-10-5-6-15(20-4)14(7-10)18-16(19)9-13-8-11(2)17-12(13)3/h5-8,17H,9H2,1-4H3,(H,18,19). The van der Waals surface area contributed by atoms with E-state index in [2.05, 4.69) is 10.3 Å². The van der Waals surface area contributed by atoms with Crippen molar-refractivity contribution in [2.24, 2.45) is 0 Å². The molecular weight excluding hydrogens is 252 g/mol. The van der Waals surface area contributed by atoms with E-state index in [1.165, 1.54) is 0 Å². The minimum absolute atomic E-state index is 0.0454. The largest absolute Gasteiger partial charge is 0.495 e. The van der Waals surface area contributed by atoms with Gasteiger partial charge in [0.2, 0.25) is 5.91 Å². The van der Waals surface area contributed by atoms with E-state index in [0.717, 1.165) is 22.5 Å². The van der Waals surface area contributed by atoms with Gasteiger partial charge < -0.3 is 15.0 Å². The molecule has 4 nitrogen and oxygen atoms in total. The third-order valence-electron chi connectivity index (χ3n) is 3.24. The maximum absolute atomic E-state index is 12.1. The van der Waals surface area contributed by atoms with Crippen LogP contribution in [0.15, 0.2) is 24.3 Å². The summed E-state index contributed by atoms with van der Waals surface area (Å²) < 4.78 is 5.26. The number of amides is 1. The van der Waals surface area contributed by atoms with Crippen LogP contribution < -0.4 is 10.1 Å². The molecule has 0 atom stereocenters. The lowest BCUT2D eigenvalue weighted by molar-refractivity contribution is -0.115. The lowest BCUT2D eigenvalue weighted by Crippen LogP contribution is -2.15. The first-order valence-corrected chi connectivity index (χ1v) is 6.59. The number of rotatable bonds is 4. The van der Waals surface area contributed by atoms with Crippen molar-refractivity contribution in [2.45, 2.75) is 27.2 Å². The lowest BCUT2D eigenvalue weighted by Gasteiger charge is -2.11. The minimum atomic E-state index is -0.0454. The monoisotopic (exact) mass is 272 g/mol. The molecule has 0 aliphatic heterocycles. The van der Waals surface area contributed by atoms with Gasteiger partial charge in [-0.2, -0.15) is 0 Å². The number of hydrogen-bond acceptors (Lipinski definition) is 2. The number of carbonyl (C=O) groups excluding carboxylic acids is 1. The molecule has 1 heterocycles. The van der Waals surface area contributed by atoms with E-state index in [1.807, 2.05) is 45.0 Å². The summed E-state index contributed by atoms with van der Waals surface area (Å²) >= 11 is 0. The minimum Gasteiger partial charge on any atom is -0.495 e. The molecule has 1 aromatic carbocycles. The number of hydrogen-bond donors (Lipinski definition) is 2. The van der Waals surface area contributed by atoms with Gasteiger partial charge in [0.15, 0.2) is 0 Å². The van der Waals surface area contributed by atoms with Crippen molar-refractivity contribution in [3.05, 3.63) is 46.8 Å². The maximum Gasteiger partial charge on any atom is 0.228 e. The zero-order chi connectivity index (χ0) is 14.7. The van der Waals surface area contributed by atoms with Crippen LogP contribution in [0.4, 0.5) is 5.69 Å². The number of anilines is 1. The molecule has 2 rings (SSSR count). The van der Waals surface area contributed by atoms with Crippen LogP contribution >= 0.6 is 0 Å². The van der Waals surface area contributed by atoms with Crippen LogP contribution in [0.5, 0.6) is 5.75 Å². The Labute approximate surface area is 119 Å². The van der Waals surface area contributed by atoms with Crippen LogP contribution in [-0.4, -0.2) is 18.0 Å².